The number of rotatable bonds is 8. The molecule has 7 nitrogen and oxygen atoms in total. The van der Waals surface area contributed by atoms with E-state index in [0.717, 1.165) is 23.2 Å². The smallest absolute Gasteiger partial charge is 0.260 e. The summed E-state index contributed by atoms with van der Waals surface area (Å²) in [5.74, 6) is -0.205. The molecule has 0 aliphatic rings. The first-order valence-electron chi connectivity index (χ1n) is 10.3. The predicted molar refractivity (Wildman–Crippen MR) is 127 cm³/mol. The van der Waals surface area contributed by atoms with Crippen LogP contribution in [0.25, 0.3) is 10.2 Å². The second-order valence-electron chi connectivity index (χ2n) is 7.69. The highest BCUT2D eigenvalue weighted by molar-refractivity contribution is 7.92. The summed E-state index contributed by atoms with van der Waals surface area (Å²) in [6.45, 7) is 4.48. The van der Waals surface area contributed by atoms with E-state index < -0.39 is 15.1 Å². The zero-order chi connectivity index (χ0) is 22.7. The van der Waals surface area contributed by atoms with E-state index in [-0.39, 0.29) is 10.8 Å². The Morgan fingerprint density at radius 3 is 2.53 bits per heavy atom. The third-order valence-corrected chi connectivity index (χ3v) is 8.40. The number of imidazole rings is 1. The molecule has 32 heavy (non-hydrogen) atoms. The van der Waals surface area contributed by atoms with Crippen molar-refractivity contribution in [2.75, 3.05) is 11.4 Å². The number of aromatic nitrogens is 3. The Hall–Kier alpha value is -3.04. The summed E-state index contributed by atoms with van der Waals surface area (Å²) in [4.78, 5) is 24.0. The Labute approximate surface area is 191 Å². The van der Waals surface area contributed by atoms with Gasteiger partial charge in [-0.25, -0.2) is 18.4 Å². The fourth-order valence-electron chi connectivity index (χ4n) is 3.31. The molecular formula is C23H24N4O3S2. The largest absolute Gasteiger partial charge is 0.337 e. The van der Waals surface area contributed by atoms with E-state index >= 15 is 0 Å². The summed E-state index contributed by atoms with van der Waals surface area (Å²) < 4.78 is 27.8. The van der Waals surface area contributed by atoms with Crippen molar-refractivity contribution in [1.82, 2.24) is 14.5 Å². The number of nitrogens with zero attached hydrogens (tertiary/aromatic N) is 4. The quantitative estimate of drug-likeness (QED) is 0.382. The van der Waals surface area contributed by atoms with Gasteiger partial charge in [-0.1, -0.05) is 23.5 Å². The Kier molecular flexibility index (Phi) is 6.38. The maximum Gasteiger partial charge on any atom is 0.260 e. The van der Waals surface area contributed by atoms with Gasteiger partial charge in [0.15, 0.2) is 15.0 Å². The minimum atomic E-state index is -3.39. The number of carbonyl (C=O) groups excluding carboxylic acids is 1. The van der Waals surface area contributed by atoms with Gasteiger partial charge in [0, 0.05) is 31.0 Å². The van der Waals surface area contributed by atoms with Gasteiger partial charge in [-0.15, -0.1) is 0 Å². The molecule has 0 unspecified atom stereocenters. The SMILES string of the molecule is CC(C)S(=O)(=O)c1ccc(C(=O)N(CCCn2ccnc2)c2nc3ccccc3s2)cc1. The van der Waals surface area contributed by atoms with Gasteiger partial charge in [0.2, 0.25) is 0 Å². The molecule has 0 bridgehead atoms. The molecule has 9 heteroatoms. The van der Waals surface area contributed by atoms with Gasteiger partial charge in [0.25, 0.3) is 5.91 Å². The second-order valence-corrected chi connectivity index (χ2v) is 11.2. The maximum absolute atomic E-state index is 13.4. The molecule has 0 saturated heterocycles. The Bertz CT molecular complexity index is 1280. The van der Waals surface area contributed by atoms with Crippen LogP contribution in [0.3, 0.4) is 0 Å². The first kappa shape index (κ1) is 22.2. The fraction of sp³-hybridized carbons (Fsp3) is 0.261. The van der Waals surface area contributed by atoms with E-state index in [4.69, 9.17) is 0 Å². The third-order valence-electron chi connectivity index (χ3n) is 5.17. The third kappa shape index (κ3) is 4.58. The van der Waals surface area contributed by atoms with Crippen molar-refractivity contribution in [3.8, 4) is 0 Å². The van der Waals surface area contributed by atoms with Gasteiger partial charge in [0.05, 0.1) is 26.7 Å². The summed E-state index contributed by atoms with van der Waals surface area (Å²) >= 11 is 1.47. The Balaban J connectivity index is 1.61. The van der Waals surface area contributed by atoms with Crippen molar-refractivity contribution < 1.29 is 13.2 Å². The number of thiazole rings is 1. The zero-order valence-electron chi connectivity index (χ0n) is 17.9. The van der Waals surface area contributed by atoms with Crippen LogP contribution in [0.2, 0.25) is 0 Å². The minimum Gasteiger partial charge on any atom is -0.337 e. The van der Waals surface area contributed by atoms with Gasteiger partial charge >= 0.3 is 0 Å². The summed E-state index contributed by atoms with van der Waals surface area (Å²) in [7, 11) is -3.39. The van der Waals surface area contributed by atoms with E-state index in [1.807, 2.05) is 35.0 Å². The van der Waals surface area contributed by atoms with Gasteiger partial charge in [0.1, 0.15) is 0 Å². The molecule has 0 radical (unpaired) electrons. The molecule has 0 aliphatic carbocycles. The maximum atomic E-state index is 13.4. The standard InChI is InChI=1S/C23H24N4O3S2/c1-17(2)32(29,30)19-10-8-18(9-11-19)22(28)27(14-5-13-26-15-12-24-16-26)23-25-20-6-3-4-7-21(20)31-23/h3-4,6-12,15-17H,5,13-14H2,1-2H3. The van der Waals surface area contributed by atoms with Crippen LogP contribution in [0.5, 0.6) is 0 Å². The van der Waals surface area contributed by atoms with Crippen molar-refractivity contribution in [2.45, 2.75) is 37.0 Å². The highest BCUT2D eigenvalue weighted by Gasteiger charge is 2.23. The lowest BCUT2D eigenvalue weighted by Gasteiger charge is -2.20. The zero-order valence-corrected chi connectivity index (χ0v) is 19.5. The molecule has 4 rings (SSSR count). The number of benzene rings is 2. The minimum absolute atomic E-state index is 0.205. The van der Waals surface area contributed by atoms with Crippen molar-refractivity contribution in [3.05, 3.63) is 72.8 Å². The molecule has 1 amide bonds. The van der Waals surface area contributed by atoms with Crippen LogP contribution in [-0.2, 0) is 16.4 Å². The van der Waals surface area contributed by atoms with Gasteiger partial charge in [-0.05, 0) is 56.7 Å². The van der Waals surface area contributed by atoms with Crippen LogP contribution in [-0.4, -0.2) is 40.7 Å². The topological polar surface area (TPSA) is 85.2 Å². The number of hydrogen-bond acceptors (Lipinski definition) is 6. The normalized spacial score (nSPS) is 11.8. The summed E-state index contributed by atoms with van der Waals surface area (Å²) in [6.07, 6.45) is 6.08. The number of para-hydroxylation sites is 1. The molecule has 0 N–H and O–H groups in total. The summed E-state index contributed by atoms with van der Waals surface area (Å²) in [6, 6.07) is 13.9. The molecule has 2 aromatic carbocycles. The van der Waals surface area contributed by atoms with Gasteiger partial charge in [-0.3, -0.25) is 9.69 Å². The number of amides is 1. The first-order valence-corrected chi connectivity index (χ1v) is 12.7. The van der Waals surface area contributed by atoms with Crippen molar-refractivity contribution >= 4 is 42.4 Å². The molecular weight excluding hydrogens is 444 g/mol. The average molecular weight is 469 g/mol. The number of carbonyl (C=O) groups is 1. The molecule has 4 aromatic rings. The molecule has 2 heterocycles. The lowest BCUT2D eigenvalue weighted by Crippen LogP contribution is -2.32. The van der Waals surface area contributed by atoms with E-state index in [9.17, 15) is 13.2 Å². The van der Waals surface area contributed by atoms with Crippen LogP contribution in [0.4, 0.5) is 5.13 Å². The Morgan fingerprint density at radius 2 is 1.88 bits per heavy atom. The van der Waals surface area contributed by atoms with Crippen LogP contribution in [0.1, 0.15) is 30.6 Å². The number of hydrogen-bond donors (Lipinski definition) is 0. The predicted octanol–water partition coefficient (Wildman–Crippen LogP) is 4.41. The molecule has 166 valence electrons. The monoisotopic (exact) mass is 468 g/mol. The number of sulfone groups is 1. The highest BCUT2D eigenvalue weighted by Crippen LogP contribution is 2.30. The fourth-order valence-corrected chi connectivity index (χ4v) is 5.35. The van der Waals surface area contributed by atoms with Crippen LogP contribution in [0.15, 0.2) is 72.1 Å². The van der Waals surface area contributed by atoms with E-state index in [1.165, 1.54) is 23.5 Å². The molecule has 0 spiro atoms. The second kappa shape index (κ2) is 9.22. The highest BCUT2D eigenvalue weighted by atomic mass is 32.2. The van der Waals surface area contributed by atoms with Crippen molar-refractivity contribution in [2.24, 2.45) is 0 Å². The molecule has 2 aromatic heterocycles. The van der Waals surface area contributed by atoms with Crippen LogP contribution < -0.4 is 4.90 Å². The van der Waals surface area contributed by atoms with E-state index in [2.05, 4.69) is 9.97 Å². The first-order chi connectivity index (χ1) is 15.4. The molecule has 0 aliphatic heterocycles. The summed E-state index contributed by atoms with van der Waals surface area (Å²) in [5.41, 5.74) is 1.27. The number of fused-ring (bicyclic) bond motifs is 1. The van der Waals surface area contributed by atoms with E-state index in [1.54, 1.807) is 43.4 Å². The number of aryl methyl sites for hydroxylation is 1. The average Bonchev–Trinajstić information content (AvgIpc) is 3.46. The van der Waals surface area contributed by atoms with Crippen molar-refractivity contribution in [3.63, 3.8) is 0 Å². The lowest BCUT2D eigenvalue weighted by atomic mass is 10.2. The van der Waals surface area contributed by atoms with Crippen LogP contribution >= 0.6 is 11.3 Å². The summed E-state index contributed by atoms with van der Waals surface area (Å²) in [5, 5.41) is 0.104. The van der Waals surface area contributed by atoms with Crippen LogP contribution in [0, 0.1) is 0 Å². The molecule has 0 fully saturated rings. The van der Waals surface area contributed by atoms with Gasteiger partial charge in [-0.2, -0.15) is 0 Å². The van der Waals surface area contributed by atoms with Crippen molar-refractivity contribution in [1.29, 1.82) is 0 Å². The lowest BCUT2D eigenvalue weighted by molar-refractivity contribution is 0.0986. The number of anilines is 1. The van der Waals surface area contributed by atoms with Gasteiger partial charge < -0.3 is 4.57 Å². The van der Waals surface area contributed by atoms with E-state index in [0.29, 0.717) is 17.2 Å². The Morgan fingerprint density at radius 1 is 1.12 bits per heavy atom. The molecule has 0 atom stereocenters. The molecule has 0 saturated carbocycles.